The number of amides is 6. The van der Waals surface area contributed by atoms with Crippen molar-refractivity contribution < 1.29 is 77.6 Å². The van der Waals surface area contributed by atoms with E-state index < -0.39 is 101 Å². The molecule has 0 saturated heterocycles. The minimum atomic E-state index is -1.76. The number of hydrogen-bond donors (Lipinski definition) is 7. The van der Waals surface area contributed by atoms with Crippen LogP contribution in [0.2, 0.25) is 0 Å². The Morgan fingerprint density at radius 3 is 1.70 bits per heavy atom. The van der Waals surface area contributed by atoms with E-state index in [0.29, 0.717) is 44.3 Å². The molecule has 2 heterocycles. The fourth-order valence-corrected chi connectivity index (χ4v) is 8.63. The molecule has 2 aromatic rings. The highest BCUT2D eigenvalue weighted by Gasteiger charge is 2.55. The zero-order valence-electron chi connectivity index (χ0n) is 44.9. The number of aliphatic hydroxyl groups excluding tert-OH is 3. The summed E-state index contributed by atoms with van der Waals surface area (Å²) in [5.74, 6) is -2.86. The maximum absolute atomic E-state index is 13.9. The molecule has 0 radical (unpaired) electrons. The molecule has 1 saturated carbocycles. The quantitative estimate of drug-likeness (QED) is 0.0760. The predicted octanol–water partition coefficient (Wildman–Crippen LogP) is 5.51. The third kappa shape index (κ3) is 16.4. The van der Waals surface area contributed by atoms with Gasteiger partial charge in [0.05, 0.1) is 17.6 Å². The number of aromatic hydroxyl groups is 1. The van der Waals surface area contributed by atoms with Crippen molar-refractivity contribution in [1.29, 1.82) is 0 Å². The van der Waals surface area contributed by atoms with Crippen LogP contribution in [0.5, 0.6) is 17.2 Å². The first-order chi connectivity index (χ1) is 34.3. The first-order valence-electron chi connectivity index (χ1n) is 25.1. The Balaban J connectivity index is 1.25. The molecule has 412 valence electrons. The number of rotatable bonds is 17. The summed E-state index contributed by atoms with van der Waals surface area (Å²) < 4.78 is 33.3. The van der Waals surface area contributed by atoms with Gasteiger partial charge in [-0.25, -0.2) is 19.2 Å². The lowest BCUT2D eigenvalue weighted by molar-refractivity contribution is -0.117. The van der Waals surface area contributed by atoms with Crippen LogP contribution < -0.4 is 25.4 Å². The molecule has 6 amide bonds. The number of aliphatic hydroxyl groups is 3. The molecule has 0 spiro atoms. The summed E-state index contributed by atoms with van der Waals surface area (Å²) >= 11 is 0. The smallest absolute Gasteiger partial charge is 0.410 e. The maximum Gasteiger partial charge on any atom is 0.410 e. The van der Waals surface area contributed by atoms with E-state index in [1.807, 2.05) is 0 Å². The third-order valence-electron chi connectivity index (χ3n) is 11.8. The molecule has 5 rings (SSSR count). The van der Waals surface area contributed by atoms with Crippen molar-refractivity contribution in [2.24, 2.45) is 0 Å². The van der Waals surface area contributed by atoms with Gasteiger partial charge in [-0.05, 0) is 138 Å². The molecule has 1 fully saturated rings. The first kappa shape index (κ1) is 58.6. The van der Waals surface area contributed by atoms with E-state index in [4.69, 9.17) is 28.4 Å². The van der Waals surface area contributed by atoms with Crippen LogP contribution in [0, 0.1) is 0 Å². The summed E-state index contributed by atoms with van der Waals surface area (Å²) in [5, 5.41) is 52.2. The Kier molecular flexibility index (Phi) is 19.0. The lowest BCUT2D eigenvalue weighted by atomic mass is 9.68. The topological polar surface area (TPSA) is 285 Å². The van der Waals surface area contributed by atoms with Gasteiger partial charge in [-0.15, -0.1) is 0 Å². The van der Waals surface area contributed by atoms with Gasteiger partial charge in [-0.2, -0.15) is 0 Å². The summed E-state index contributed by atoms with van der Waals surface area (Å²) in [7, 11) is 0. The first-order valence-corrected chi connectivity index (χ1v) is 25.1. The van der Waals surface area contributed by atoms with Gasteiger partial charge < -0.3 is 79.5 Å². The normalized spacial score (nSPS) is 20.2. The van der Waals surface area contributed by atoms with Gasteiger partial charge in [-0.3, -0.25) is 9.59 Å². The van der Waals surface area contributed by atoms with Crippen molar-refractivity contribution in [3.05, 3.63) is 52.6 Å². The Labute approximate surface area is 433 Å². The predicted molar refractivity (Wildman–Crippen MR) is 269 cm³/mol. The molecule has 3 aliphatic rings. The van der Waals surface area contributed by atoms with E-state index in [0.717, 1.165) is 0 Å². The van der Waals surface area contributed by atoms with Crippen molar-refractivity contribution in [2.45, 2.75) is 174 Å². The highest BCUT2D eigenvalue weighted by Crippen LogP contribution is 2.50. The van der Waals surface area contributed by atoms with Crippen LogP contribution in [0.25, 0.3) is 0 Å². The summed E-state index contributed by atoms with van der Waals surface area (Å²) in [6.07, 6.45) is -5.53. The van der Waals surface area contributed by atoms with Crippen LogP contribution in [0.4, 0.5) is 19.2 Å². The molecule has 6 atom stereocenters. The highest BCUT2D eigenvalue weighted by molar-refractivity contribution is 6.02. The SMILES string of the molecule is CC(C)(C)OC(=O)NCCCN(CCCCN(CCCN(Cc1ccc(C(=O)NC2C(O)C(O)C(O)C3NC(=O)c4c(cc5c(c4O)OCO5)C23)cc1)C(=O)OC(C)(C)C)C(=O)OC(C)(C)C)C(=O)OC(C)(C)C. The number of benzene rings is 2. The molecule has 22 heteroatoms. The van der Waals surface area contributed by atoms with Crippen molar-refractivity contribution in [1.82, 2.24) is 30.7 Å². The second kappa shape index (κ2) is 24.0. The summed E-state index contributed by atoms with van der Waals surface area (Å²) in [5.41, 5.74) is -2.26. The number of carbonyl (C=O) groups excluding carboxylic acids is 6. The maximum atomic E-state index is 13.9. The Morgan fingerprint density at radius 1 is 0.662 bits per heavy atom. The van der Waals surface area contributed by atoms with Gasteiger partial charge in [0.25, 0.3) is 11.8 Å². The lowest BCUT2D eigenvalue weighted by Gasteiger charge is -2.49. The Morgan fingerprint density at radius 2 is 1.16 bits per heavy atom. The summed E-state index contributed by atoms with van der Waals surface area (Å²) in [4.78, 5) is 84.4. The second-order valence-corrected chi connectivity index (χ2v) is 22.8. The zero-order valence-corrected chi connectivity index (χ0v) is 44.9. The number of alkyl carbamates (subject to hydrolysis) is 1. The molecule has 2 aliphatic heterocycles. The van der Waals surface area contributed by atoms with E-state index in [2.05, 4.69) is 16.0 Å². The molecule has 7 N–H and O–H groups in total. The van der Waals surface area contributed by atoms with E-state index >= 15 is 0 Å². The molecular weight excluding hydrogens is 965 g/mol. The molecule has 74 heavy (non-hydrogen) atoms. The van der Waals surface area contributed by atoms with Gasteiger partial charge in [0.2, 0.25) is 12.5 Å². The van der Waals surface area contributed by atoms with Crippen LogP contribution in [-0.2, 0) is 25.5 Å². The monoisotopic (exact) mass is 1040 g/mol. The number of hydrogen-bond acceptors (Lipinski definition) is 16. The number of phenolic OH excluding ortho intramolecular Hbond substituents is 1. The van der Waals surface area contributed by atoms with E-state index in [9.17, 15) is 49.2 Å². The molecule has 1 aliphatic carbocycles. The largest absolute Gasteiger partial charge is 0.504 e. The van der Waals surface area contributed by atoms with Crippen molar-refractivity contribution in [3.63, 3.8) is 0 Å². The minimum Gasteiger partial charge on any atom is -0.504 e. The standard InChI is InChI=1S/C52H78N6O16/c1-49(2,3)71-45(65)53-21-15-24-56(46(66)72-50(4,5)6)22-13-14-23-57(47(67)73-51(7,8)9)25-16-26-58(48(68)74-52(10,11)12)28-30-17-19-31(20-18-30)43(63)54-36-34-32-27-33-42(70-29-69-33)38(59)35(32)44(64)55-37(34)40(61)41(62)39(36)60/h17-20,27,34,36-37,39-41,59-62H,13-16,21-26,28-29H2,1-12H3,(H,53,65)(H,54,63)(H,55,64). The van der Waals surface area contributed by atoms with Crippen molar-refractivity contribution in [3.8, 4) is 17.2 Å². The number of phenols is 1. The van der Waals surface area contributed by atoms with E-state index in [-0.39, 0.29) is 67.7 Å². The van der Waals surface area contributed by atoms with Gasteiger partial charge >= 0.3 is 24.4 Å². The molecule has 22 nitrogen and oxygen atoms in total. The van der Waals surface area contributed by atoms with Gasteiger partial charge in [0.1, 0.15) is 40.7 Å². The van der Waals surface area contributed by atoms with Crippen LogP contribution in [0.15, 0.2) is 30.3 Å². The van der Waals surface area contributed by atoms with Crippen molar-refractivity contribution >= 4 is 36.2 Å². The molecule has 0 aromatic heterocycles. The van der Waals surface area contributed by atoms with Crippen LogP contribution in [-0.4, -0.2) is 170 Å². The third-order valence-corrected chi connectivity index (χ3v) is 11.8. The van der Waals surface area contributed by atoms with E-state index in [1.54, 1.807) is 105 Å². The van der Waals surface area contributed by atoms with Gasteiger partial charge in [-0.1, -0.05) is 12.1 Å². The van der Waals surface area contributed by atoms with Crippen LogP contribution in [0.1, 0.15) is 147 Å². The van der Waals surface area contributed by atoms with Crippen LogP contribution >= 0.6 is 0 Å². The fourth-order valence-electron chi connectivity index (χ4n) is 8.63. The average molecular weight is 1040 g/mol. The number of carbonyl (C=O) groups is 6. The van der Waals surface area contributed by atoms with Gasteiger partial charge in [0.15, 0.2) is 11.5 Å². The fraction of sp³-hybridized carbons (Fsp3) is 0.654. The van der Waals surface area contributed by atoms with Crippen LogP contribution in [0.3, 0.4) is 0 Å². The lowest BCUT2D eigenvalue weighted by Crippen LogP contribution is -2.69. The number of nitrogens with one attached hydrogen (secondary N) is 3. The van der Waals surface area contributed by atoms with Gasteiger partial charge in [0, 0.05) is 57.3 Å². The molecular formula is C52H78N6O16. The van der Waals surface area contributed by atoms with E-state index in [1.165, 1.54) is 23.1 Å². The number of unbranched alkanes of at least 4 members (excludes halogenated alkanes) is 1. The average Bonchev–Trinajstić information content (AvgIpc) is 3.75. The van der Waals surface area contributed by atoms with Crippen molar-refractivity contribution in [2.75, 3.05) is 46.1 Å². The Hall–Kier alpha value is -6.26. The number of fused-ring (bicyclic) bond motifs is 4. The number of ether oxygens (including phenoxy) is 6. The minimum absolute atomic E-state index is 0.0445. The second-order valence-electron chi connectivity index (χ2n) is 22.8. The molecule has 0 bridgehead atoms. The molecule has 2 aromatic carbocycles. The summed E-state index contributed by atoms with van der Waals surface area (Å²) in [6, 6.07) is 5.34. The Bertz CT molecular complexity index is 2320. The zero-order chi connectivity index (χ0) is 55.1. The summed E-state index contributed by atoms with van der Waals surface area (Å²) in [6.45, 7) is 22.6. The highest BCUT2D eigenvalue weighted by atomic mass is 16.7. The molecule has 6 unspecified atom stereocenters. The number of nitrogens with zero attached hydrogens (tertiary/aromatic N) is 3.